The van der Waals surface area contributed by atoms with E-state index in [9.17, 15) is 4.79 Å². The van der Waals surface area contributed by atoms with E-state index in [0.29, 0.717) is 26.8 Å². The predicted molar refractivity (Wildman–Crippen MR) is 68.8 cm³/mol. The molecule has 0 saturated heterocycles. The first-order valence-electron chi connectivity index (χ1n) is 4.59. The fourth-order valence-corrected chi connectivity index (χ4v) is 2.41. The summed E-state index contributed by atoms with van der Waals surface area (Å²) in [7, 11) is 1.76. The second kappa shape index (κ2) is 4.18. The maximum absolute atomic E-state index is 12.0. The van der Waals surface area contributed by atoms with Gasteiger partial charge in [-0.3, -0.25) is 9.36 Å². The summed E-state index contributed by atoms with van der Waals surface area (Å²) >= 11 is 6.39. The van der Waals surface area contributed by atoms with E-state index < -0.39 is 0 Å². The van der Waals surface area contributed by atoms with Gasteiger partial charge in [-0.25, -0.2) is 4.98 Å². The van der Waals surface area contributed by atoms with Crippen LogP contribution in [0.2, 0.25) is 0 Å². The smallest absolute Gasteiger partial charge is 0.274 e. The molecule has 84 valence electrons. The molecule has 0 spiro atoms. The highest BCUT2D eigenvalue weighted by Gasteiger charge is 2.09. The third-order valence-electron chi connectivity index (χ3n) is 2.06. The number of H-pyrrole nitrogens is 1. The van der Waals surface area contributed by atoms with Crippen molar-refractivity contribution in [3.8, 4) is 0 Å². The Hall–Kier alpha value is -1.47. The van der Waals surface area contributed by atoms with E-state index in [0.717, 1.165) is 0 Å². The summed E-state index contributed by atoms with van der Waals surface area (Å²) in [5.74, 6) is 0. The molecule has 2 aromatic heterocycles. The van der Waals surface area contributed by atoms with Crippen LogP contribution in [0.3, 0.4) is 0 Å². The van der Waals surface area contributed by atoms with Crippen LogP contribution in [0.4, 0.5) is 5.13 Å². The van der Waals surface area contributed by atoms with Gasteiger partial charge >= 0.3 is 0 Å². The van der Waals surface area contributed by atoms with Crippen molar-refractivity contribution in [3.05, 3.63) is 27.8 Å². The Morgan fingerprint density at radius 2 is 2.50 bits per heavy atom. The van der Waals surface area contributed by atoms with Crippen LogP contribution in [-0.2, 0) is 6.54 Å². The highest BCUT2D eigenvalue weighted by molar-refractivity contribution is 7.71. The number of aromatic nitrogens is 3. The Morgan fingerprint density at radius 3 is 3.12 bits per heavy atom. The molecule has 0 bridgehead atoms. The average molecular weight is 254 g/mol. The lowest BCUT2D eigenvalue weighted by molar-refractivity contribution is 0.753. The van der Waals surface area contributed by atoms with Crippen molar-refractivity contribution in [1.29, 1.82) is 0 Å². The first-order chi connectivity index (χ1) is 7.67. The summed E-state index contributed by atoms with van der Waals surface area (Å²) in [4.78, 5) is 19.2. The number of allylic oxidation sites excluding steroid dienone is 1. The number of fused-ring (bicyclic) bond motifs is 1. The Kier molecular flexibility index (Phi) is 2.88. The van der Waals surface area contributed by atoms with Crippen molar-refractivity contribution < 1.29 is 0 Å². The minimum absolute atomic E-state index is 0.127. The molecule has 0 unspecified atom stereocenters. The molecule has 0 aromatic carbocycles. The van der Waals surface area contributed by atoms with Gasteiger partial charge in [0.15, 0.2) is 15.5 Å². The van der Waals surface area contributed by atoms with E-state index >= 15 is 0 Å². The molecule has 0 radical (unpaired) electrons. The molecule has 0 aliphatic carbocycles. The predicted octanol–water partition coefficient (Wildman–Crippen LogP) is 1.74. The highest BCUT2D eigenvalue weighted by atomic mass is 32.1. The largest absolute Gasteiger partial charge is 0.365 e. The lowest BCUT2D eigenvalue weighted by atomic mass is 10.5. The van der Waals surface area contributed by atoms with Gasteiger partial charge in [0.2, 0.25) is 0 Å². The number of nitrogens with zero attached hydrogens (tertiary/aromatic N) is 2. The van der Waals surface area contributed by atoms with E-state index in [2.05, 4.69) is 21.9 Å². The molecule has 0 atom stereocenters. The fourth-order valence-electron chi connectivity index (χ4n) is 1.34. The number of nitrogens with one attached hydrogen (secondary N) is 2. The SMILES string of the molecule is C=CCn1c(=S)[nH]c2nc(NC)sc2c1=O. The second-order valence-corrected chi connectivity index (χ2v) is 4.47. The number of anilines is 1. The van der Waals surface area contributed by atoms with Crippen LogP contribution in [0.25, 0.3) is 10.3 Å². The maximum atomic E-state index is 12.0. The molecule has 5 nitrogen and oxygen atoms in total. The molecule has 0 aliphatic rings. The first kappa shape index (κ1) is 11.0. The van der Waals surface area contributed by atoms with Gasteiger partial charge in [0, 0.05) is 13.6 Å². The summed E-state index contributed by atoms with van der Waals surface area (Å²) in [5, 5.41) is 3.59. The number of thiazole rings is 1. The van der Waals surface area contributed by atoms with Gasteiger partial charge in [-0.2, -0.15) is 0 Å². The highest BCUT2D eigenvalue weighted by Crippen LogP contribution is 2.20. The van der Waals surface area contributed by atoms with Crippen LogP contribution in [0, 0.1) is 4.77 Å². The summed E-state index contributed by atoms with van der Waals surface area (Å²) in [6, 6.07) is 0. The molecular weight excluding hydrogens is 244 g/mol. The van der Waals surface area contributed by atoms with Gasteiger partial charge in [-0.15, -0.1) is 6.58 Å². The van der Waals surface area contributed by atoms with Crippen molar-refractivity contribution in [2.45, 2.75) is 6.54 Å². The average Bonchev–Trinajstić information content (AvgIpc) is 2.67. The minimum Gasteiger partial charge on any atom is -0.365 e. The minimum atomic E-state index is -0.127. The van der Waals surface area contributed by atoms with Crippen molar-refractivity contribution in [1.82, 2.24) is 14.5 Å². The zero-order valence-corrected chi connectivity index (χ0v) is 10.2. The maximum Gasteiger partial charge on any atom is 0.274 e. The van der Waals surface area contributed by atoms with Gasteiger partial charge in [-0.1, -0.05) is 17.4 Å². The molecule has 2 heterocycles. The third-order valence-corrected chi connectivity index (χ3v) is 3.45. The summed E-state index contributed by atoms with van der Waals surface area (Å²) in [5.41, 5.74) is 0.405. The monoisotopic (exact) mass is 254 g/mol. The molecule has 0 amide bonds. The van der Waals surface area contributed by atoms with Gasteiger partial charge in [0.1, 0.15) is 4.70 Å². The summed E-state index contributed by atoms with van der Waals surface area (Å²) in [6.07, 6.45) is 1.64. The van der Waals surface area contributed by atoms with Crippen LogP contribution in [0.5, 0.6) is 0 Å². The van der Waals surface area contributed by atoms with Crippen LogP contribution in [-0.4, -0.2) is 21.6 Å². The van der Waals surface area contributed by atoms with Crippen molar-refractivity contribution in [2.75, 3.05) is 12.4 Å². The Morgan fingerprint density at radius 1 is 1.75 bits per heavy atom. The van der Waals surface area contributed by atoms with Gasteiger partial charge < -0.3 is 10.3 Å². The summed E-state index contributed by atoms with van der Waals surface area (Å²) < 4.78 is 2.40. The molecule has 0 aliphatic heterocycles. The van der Waals surface area contributed by atoms with Crippen molar-refractivity contribution >= 4 is 39.0 Å². The van der Waals surface area contributed by atoms with Crippen LogP contribution >= 0.6 is 23.6 Å². The van der Waals surface area contributed by atoms with E-state index in [1.807, 2.05) is 0 Å². The van der Waals surface area contributed by atoms with Crippen LogP contribution < -0.4 is 10.9 Å². The molecule has 2 N–H and O–H groups in total. The molecule has 7 heteroatoms. The number of hydrogen-bond donors (Lipinski definition) is 2. The standard InChI is InChI=1S/C9H10N4OS2/c1-3-4-13-7(14)5-6(12-9(13)15)11-8(10-2)16-5/h3H,1,4H2,2H3,(H,10,11)(H,12,15). The second-order valence-electron chi connectivity index (χ2n) is 3.08. The lowest BCUT2D eigenvalue weighted by Gasteiger charge is -2.00. The van der Waals surface area contributed by atoms with Gasteiger partial charge in [-0.05, 0) is 12.2 Å². The molecule has 0 saturated carbocycles. The summed E-state index contributed by atoms with van der Waals surface area (Å²) in [6.45, 7) is 3.99. The zero-order valence-electron chi connectivity index (χ0n) is 8.61. The molecular formula is C9H10N4OS2. The fraction of sp³-hybridized carbons (Fsp3) is 0.222. The zero-order chi connectivity index (χ0) is 11.7. The number of rotatable bonds is 3. The number of aromatic amines is 1. The molecule has 0 fully saturated rings. The lowest BCUT2D eigenvalue weighted by Crippen LogP contribution is -2.20. The van der Waals surface area contributed by atoms with E-state index in [-0.39, 0.29) is 5.56 Å². The van der Waals surface area contributed by atoms with Crippen LogP contribution in [0.15, 0.2) is 17.4 Å². The third kappa shape index (κ3) is 1.68. The van der Waals surface area contributed by atoms with Gasteiger partial charge in [0.05, 0.1) is 0 Å². The Labute approximate surface area is 100 Å². The Balaban J connectivity index is 2.81. The molecule has 2 rings (SSSR count). The van der Waals surface area contributed by atoms with E-state index in [4.69, 9.17) is 12.2 Å². The van der Waals surface area contributed by atoms with Crippen molar-refractivity contribution in [3.63, 3.8) is 0 Å². The molecule has 16 heavy (non-hydrogen) atoms. The molecule has 2 aromatic rings. The van der Waals surface area contributed by atoms with Crippen LogP contribution in [0.1, 0.15) is 0 Å². The first-order valence-corrected chi connectivity index (χ1v) is 5.82. The Bertz CT molecular complexity index is 652. The van der Waals surface area contributed by atoms with Gasteiger partial charge in [0.25, 0.3) is 5.56 Å². The van der Waals surface area contributed by atoms with E-state index in [1.54, 1.807) is 13.1 Å². The topological polar surface area (TPSA) is 62.7 Å². The van der Waals surface area contributed by atoms with Crippen molar-refractivity contribution in [2.24, 2.45) is 0 Å². The van der Waals surface area contributed by atoms with E-state index in [1.165, 1.54) is 15.9 Å². The number of hydrogen-bond acceptors (Lipinski definition) is 5. The quantitative estimate of drug-likeness (QED) is 0.647. The normalized spacial score (nSPS) is 10.6.